The number of benzene rings is 4. The summed E-state index contributed by atoms with van der Waals surface area (Å²) in [4.78, 5) is 14.4. The Balaban J connectivity index is 0.000000308. The fourth-order valence-corrected chi connectivity index (χ4v) is 7.55. The summed E-state index contributed by atoms with van der Waals surface area (Å²) in [5.74, 6) is 0.669. The third kappa shape index (κ3) is 9.65. The third-order valence-electron chi connectivity index (χ3n) is 10.9. The zero-order valence-corrected chi connectivity index (χ0v) is 38.7. The molecule has 59 heavy (non-hydrogen) atoms. The van der Waals surface area contributed by atoms with Gasteiger partial charge in [0.2, 0.25) is 5.71 Å². The largest absolute Gasteiger partial charge is 0.486 e. The van der Waals surface area contributed by atoms with E-state index in [1.165, 1.54) is 55.6 Å². The van der Waals surface area contributed by atoms with Crippen molar-refractivity contribution in [3.63, 3.8) is 0 Å². The van der Waals surface area contributed by atoms with Gasteiger partial charge in [0.05, 0.1) is 11.3 Å². The van der Waals surface area contributed by atoms with Crippen LogP contribution < -0.4 is 0 Å². The number of fused-ring (bicyclic) bond motifs is 3. The molecule has 0 atom stereocenters. The maximum atomic E-state index is 6.56. The molecule has 4 aromatic heterocycles. The Hall–Kier alpha value is -5.22. The van der Waals surface area contributed by atoms with Gasteiger partial charge in [-0.15, -0.1) is 53.6 Å². The van der Waals surface area contributed by atoms with E-state index in [-0.39, 0.29) is 25.5 Å². The number of hydrogen-bond acceptors (Lipinski definition) is 4. The van der Waals surface area contributed by atoms with Crippen LogP contribution in [0.5, 0.6) is 0 Å². The monoisotopic (exact) mass is 954 g/mol. The molecule has 0 aliphatic heterocycles. The smallest absolute Gasteiger partial charge is 0.216 e. The molecule has 4 aromatic carbocycles. The average Bonchev–Trinajstić information content (AvgIpc) is 3.58. The van der Waals surface area contributed by atoms with Gasteiger partial charge < -0.3 is 14.4 Å². The number of nitrogens with zero attached hydrogens (tertiary/aromatic N) is 3. The van der Waals surface area contributed by atoms with E-state index >= 15 is 0 Å². The van der Waals surface area contributed by atoms with E-state index in [1.54, 1.807) is 0 Å². The van der Waals surface area contributed by atoms with E-state index in [4.69, 9.17) is 14.4 Å². The summed E-state index contributed by atoms with van der Waals surface area (Å²) in [7, 11) is 0. The maximum absolute atomic E-state index is 6.56. The number of furan rings is 1. The number of pyridine rings is 3. The van der Waals surface area contributed by atoms with Gasteiger partial charge in [-0.25, -0.2) is 4.98 Å². The van der Waals surface area contributed by atoms with Crippen molar-refractivity contribution >= 4 is 22.1 Å². The summed E-state index contributed by atoms with van der Waals surface area (Å²) in [5, 5.41) is 2.04. The molecule has 0 spiro atoms. The standard InChI is InChI=1S/C40H41N2O.C14H14N.Ir/c1-24(2)33-20-28(27-13-10-9-11-14-27)21-34(25(3)4)37(33)35-18-17-31-30-15-12-16-32(38(30)43-39(31)42-35)36-19-26(5)29(23-41-36)22-40(6,7)8;1-10-4-6-13(7-5-10)14-8-11(2)12(3)9-15-14;/h9-15,17-21,23-25H,22H2,1-8H3;4-6,8-9H,1-3H3;/q2*-1;. The van der Waals surface area contributed by atoms with Crippen molar-refractivity contribution in [1.29, 1.82) is 0 Å². The first-order valence-electron chi connectivity index (χ1n) is 20.5. The van der Waals surface area contributed by atoms with Gasteiger partial charge in [-0.05, 0) is 101 Å². The van der Waals surface area contributed by atoms with Gasteiger partial charge in [-0.3, -0.25) is 0 Å². The summed E-state index contributed by atoms with van der Waals surface area (Å²) in [6.07, 6.45) is 4.92. The van der Waals surface area contributed by atoms with Crippen LogP contribution in [0.4, 0.5) is 0 Å². The third-order valence-corrected chi connectivity index (χ3v) is 10.9. The van der Waals surface area contributed by atoms with E-state index in [9.17, 15) is 0 Å². The first-order valence-corrected chi connectivity index (χ1v) is 20.5. The fraction of sp³-hybridized carbons (Fsp3) is 0.278. The average molecular weight is 954 g/mol. The summed E-state index contributed by atoms with van der Waals surface area (Å²) >= 11 is 0. The topological polar surface area (TPSA) is 51.8 Å². The second kappa shape index (κ2) is 18.0. The molecule has 0 unspecified atom stereocenters. The molecule has 5 heteroatoms. The molecule has 0 bridgehead atoms. The van der Waals surface area contributed by atoms with Crippen LogP contribution in [-0.4, -0.2) is 15.0 Å². The second-order valence-corrected chi connectivity index (χ2v) is 17.6. The van der Waals surface area contributed by atoms with E-state index in [1.807, 2.05) is 24.5 Å². The summed E-state index contributed by atoms with van der Waals surface area (Å²) in [6, 6.07) is 40.8. The van der Waals surface area contributed by atoms with Crippen molar-refractivity contribution < 1.29 is 24.5 Å². The van der Waals surface area contributed by atoms with Crippen molar-refractivity contribution in [2.24, 2.45) is 5.41 Å². The summed E-state index contributed by atoms with van der Waals surface area (Å²) in [5.41, 5.74) is 18.9. The van der Waals surface area contributed by atoms with Crippen LogP contribution in [-0.2, 0) is 26.5 Å². The minimum atomic E-state index is 0. The van der Waals surface area contributed by atoms with Gasteiger partial charge in [-0.1, -0.05) is 132 Å². The van der Waals surface area contributed by atoms with Crippen LogP contribution in [0.3, 0.4) is 0 Å². The first-order chi connectivity index (χ1) is 27.7. The van der Waals surface area contributed by atoms with Gasteiger partial charge in [0.1, 0.15) is 0 Å². The molecular weight excluding hydrogens is 899 g/mol. The Morgan fingerprint density at radius 2 is 1.32 bits per heavy atom. The van der Waals surface area contributed by atoms with E-state index < -0.39 is 0 Å². The molecule has 4 nitrogen and oxygen atoms in total. The Morgan fingerprint density at radius 3 is 1.93 bits per heavy atom. The van der Waals surface area contributed by atoms with Gasteiger partial charge in [0, 0.05) is 43.4 Å². The molecule has 4 heterocycles. The van der Waals surface area contributed by atoms with Crippen molar-refractivity contribution in [2.45, 2.75) is 94.4 Å². The van der Waals surface area contributed by atoms with Crippen molar-refractivity contribution in [2.75, 3.05) is 0 Å². The van der Waals surface area contributed by atoms with Gasteiger partial charge in [-0.2, -0.15) is 0 Å². The van der Waals surface area contributed by atoms with Crippen molar-refractivity contribution in [3.8, 4) is 44.9 Å². The van der Waals surface area contributed by atoms with Gasteiger partial charge >= 0.3 is 0 Å². The molecule has 0 fully saturated rings. The zero-order valence-electron chi connectivity index (χ0n) is 36.3. The molecule has 1 radical (unpaired) electrons. The minimum Gasteiger partial charge on any atom is -0.486 e. The predicted octanol–water partition coefficient (Wildman–Crippen LogP) is 14.8. The van der Waals surface area contributed by atoms with Crippen LogP contribution >= 0.6 is 0 Å². The Bertz CT molecular complexity index is 2690. The molecule has 303 valence electrons. The Kier molecular flexibility index (Phi) is 13.2. The molecule has 8 rings (SSSR count). The Morgan fingerprint density at radius 1 is 0.644 bits per heavy atom. The minimum absolute atomic E-state index is 0. The van der Waals surface area contributed by atoms with E-state index in [0.29, 0.717) is 17.5 Å². The van der Waals surface area contributed by atoms with Crippen LogP contribution in [0.15, 0.2) is 114 Å². The Labute approximate surface area is 364 Å². The molecular formula is C54H55IrN3O-2. The predicted molar refractivity (Wildman–Crippen MR) is 243 cm³/mol. The van der Waals surface area contributed by atoms with Crippen LogP contribution in [0, 0.1) is 45.2 Å². The van der Waals surface area contributed by atoms with E-state index in [2.05, 4.69) is 178 Å². The summed E-state index contributed by atoms with van der Waals surface area (Å²) < 4.78 is 6.56. The molecule has 0 aliphatic rings. The molecule has 0 saturated heterocycles. The summed E-state index contributed by atoms with van der Waals surface area (Å²) in [6.45, 7) is 24.3. The van der Waals surface area contributed by atoms with Crippen molar-refractivity contribution in [3.05, 3.63) is 161 Å². The number of hydrogen-bond donors (Lipinski definition) is 0. The zero-order chi connectivity index (χ0) is 41.3. The first kappa shape index (κ1) is 43.4. The maximum Gasteiger partial charge on any atom is 0.216 e. The van der Waals surface area contributed by atoms with Crippen LogP contribution in [0.2, 0.25) is 0 Å². The molecule has 0 amide bonds. The molecule has 0 saturated carbocycles. The second-order valence-electron chi connectivity index (χ2n) is 17.6. The normalized spacial score (nSPS) is 11.5. The van der Waals surface area contributed by atoms with Crippen LogP contribution in [0.25, 0.3) is 67.0 Å². The van der Waals surface area contributed by atoms with E-state index in [0.717, 1.165) is 51.0 Å². The quantitative estimate of drug-likeness (QED) is 0.149. The SMILES string of the molecule is Cc1c[c-]c(-c2cc(C)c(C)cn2)cc1.Cc1cc(-c2[c-]ccc3c2oc2nc(-c4c(C(C)C)cc(-c5ccccc5)cc4C(C)C)ccc23)ncc1CC(C)(C)C.[Ir]. The molecule has 0 N–H and O–H groups in total. The number of aromatic nitrogens is 3. The molecule has 8 aromatic rings. The fourth-order valence-electron chi connectivity index (χ4n) is 7.55. The molecule has 0 aliphatic carbocycles. The number of rotatable bonds is 7. The van der Waals surface area contributed by atoms with Crippen LogP contribution in [0.1, 0.15) is 99.2 Å². The van der Waals surface area contributed by atoms with Crippen molar-refractivity contribution in [1.82, 2.24) is 15.0 Å². The number of aryl methyl sites for hydroxylation is 4. The van der Waals surface area contributed by atoms with Gasteiger partial charge in [0.25, 0.3) is 0 Å². The van der Waals surface area contributed by atoms with Gasteiger partial charge in [0.15, 0.2) is 0 Å².